The second kappa shape index (κ2) is 8.17. The number of sulfonamides is 1. The van der Waals surface area contributed by atoms with E-state index in [2.05, 4.69) is 17.0 Å². The number of hydrogen-bond acceptors (Lipinski definition) is 3. The molecule has 0 spiro atoms. The summed E-state index contributed by atoms with van der Waals surface area (Å²) in [4.78, 5) is 0.324. The smallest absolute Gasteiger partial charge is 0.240 e. The summed E-state index contributed by atoms with van der Waals surface area (Å²) >= 11 is 0. The predicted octanol–water partition coefficient (Wildman–Crippen LogP) is 2.98. The van der Waals surface area contributed by atoms with Crippen LogP contribution in [0.25, 0.3) is 0 Å². The van der Waals surface area contributed by atoms with Crippen molar-refractivity contribution in [2.75, 3.05) is 18.4 Å². The number of anilines is 1. The number of benzene rings is 1. The van der Waals surface area contributed by atoms with E-state index in [1.807, 2.05) is 19.1 Å². The topological polar surface area (TPSA) is 58.2 Å². The summed E-state index contributed by atoms with van der Waals surface area (Å²) in [5.74, 6) is 0. The molecule has 0 atom stereocenters. The lowest BCUT2D eigenvalue weighted by molar-refractivity contribution is 0.578. The molecule has 0 saturated heterocycles. The molecule has 0 fully saturated rings. The van der Waals surface area contributed by atoms with Gasteiger partial charge in [-0.05, 0) is 37.1 Å². The molecule has 0 bridgehead atoms. The maximum Gasteiger partial charge on any atom is 0.240 e. The highest BCUT2D eigenvalue weighted by Gasteiger charge is 2.12. The zero-order valence-corrected chi connectivity index (χ0v) is 12.6. The van der Waals surface area contributed by atoms with Crippen LogP contribution in [0.3, 0.4) is 0 Å². The van der Waals surface area contributed by atoms with Crippen molar-refractivity contribution < 1.29 is 8.42 Å². The van der Waals surface area contributed by atoms with E-state index < -0.39 is 10.0 Å². The Bertz CT molecular complexity index is 455. The van der Waals surface area contributed by atoms with Crippen molar-refractivity contribution in [3.05, 3.63) is 24.3 Å². The number of rotatable bonds is 9. The highest BCUT2D eigenvalue weighted by atomic mass is 32.2. The van der Waals surface area contributed by atoms with E-state index in [-0.39, 0.29) is 0 Å². The summed E-state index contributed by atoms with van der Waals surface area (Å²) in [5, 5.41) is 3.26. The zero-order chi connectivity index (χ0) is 14.1. The molecule has 0 aromatic heterocycles. The molecule has 0 radical (unpaired) electrons. The predicted molar refractivity (Wildman–Crippen MR) is 79.9 cm³/mol. The highest BCUT2D eigenvalue weighted by Crippen LogP contribution is 2.14. The zero-order valence-electron chi connectivity index (χ0n) is 11.8. The molecule has 0 heterocycles. The van der Waals surface area contributed by atoms with Gasteiger partial charge in [0.25, 0.3) is 0 Å². The minimum Gasteiger partial charge on any atom is -0.385 e. The molecule has 2 N–H and O–H groups in total. The molecule has 0 amide bonds. The third-order valence-electron chi connectivity index (χ3n) is 2.85. The van der Waals surface area contributed by atoms with Gasteiger partial charge in [-0.2, -0.15) is 0 Å². The van der Waals surface area contributed by atoms with Crippen molar-refractivity contribution in [1.29, 1.82) is 0 Å². The molecule has 0 aliphatic carbocycles. The second-order valence-corrected chi connectivity index (χ2v) is 6.32. The average Bonchev–Trinajstić information content (AvgIpc) is 2.40. The number of unbranched alkanes of at least 4 members (excludes halogenated alkanes) is 2. The Morgan fingerprint density at radius 3 is 2.11 bits per heavy atom. The van der Waals surface area contributed by atoms with Crippen LogP contribution in [-0.2, 0) is 10.0 Å². The van der Waals surface area contributed by atoms with Crippen LogP contribution in [0.2, 0.25) is 0 Å². The molecule has 0 aliphatic heterocycles. The van der Waals surface area contributed by atoms with Crippen molar-refractivity contribution in [2.45, 2.75) is 44.4 Å². The van der Waals surface area contributed by atoms with Crippen LogP contribution in [0.15, 0.2) is 29.2 Å². The van der Waals surface area contributed by atoms with Crippen LogP contribution in [0.1, 0.15) is 39.5 Å². The fraction of sp³-hybridized carbons (Fsp3) is 0.571. The summed E-state index contributed by atoms with van der Waals surface area (Å²) in [6, 6.07) is 6.90. The molecule has 19 heavy (non-hydrogen) atoms. The van der Waals surface area contributed by atoms with Gasteiger partial charge in [-0.1, -0.05) is 26.7 Å². The van der Waals surface area contributed by atoms with Crippen LogP contribution < -0.4 is 10.0 Å². The summed E-state index contributed by atoms with van der Waals surface area (Å²) in [7, 11) is -3.35. The van der Waals surface area contributed by atoms with Crippen LogP contribution in [-0.4, -0.2) is 21.5 Å². The first-order chi connectivity index (χ1) is 9.10. The monoisotopic (exact) mass is 284 g/mol. The molecule has 4 nitrogen and oxygen atoms in total. The van der Waals surface area contributed by atoms with Gasteiger partial charge < -0.3 is 5.32 Å². The Balaban J connectivity index is 2.59. The third kappa shape index (κ3) is 5.61. The van der Waals surface area contributed by atoms with E-state index in [0.29, 0.717) is 11.4 Å². The van der Waals surface area contributed by atoms with Crippen LogP contribution >= 0.6 is 0 Å². The lowest BCUT2D eigenvalue weighted by Gasteiger charge is -2.08. The molecular formula is C14H24N2O2S. The summed E-state index contributed by atoms with van der Waals surface area (Å²) in [5.41, 5.74) is 0.959. The Morgan fingerprint density at radius 1 is 0.947 bits per heavy atom. The minimum absolute atomic E-state index is 0.324. The highest BCUT2D eigenvalue weighted by molar-refractivity contribution is 7.89. The van der Waals surface area contributed by atoms with Crippen molar-refractivity contribution in [1.82, 2.24) is 4.72 Å². The van der Waals surface area contributed by atoms with Gasteiger partial charge in [-0.3, -0.25) is 0 Å². The normalized spacial score (nSPS) is 11.5. The molecule has 108 valence electrons. The van der Waals surface area contributed by atoms with Gasteiger partial charge >= 0.3 is 0 Å². The van der Waals surface area contributed by atoms with E-state index >= 15 is 0 Å². The summed E-state index contributed by atoms with van der Waals surface area (Å²) in [6.45, 7) is 5.58. The average molecular weight is 284 g/mol. The first-order valence-corrected chi connectivity index (χ1v) is 8.42. The minimum atomic E-state index is -3.35. The lowest BCUT2D eigenvalue weighted by Crippen LogP contribution is -2.24. The van der Waals surface area contributed by atoms with E-state index in [1.165, 1.54) is 0 Å². The molecule has 1 rings (SSSR count). The fourth-order valence-corrected chi connectivity index (χ4v) is 2.70. The quantitative estimate of drug-likeness (QED) is 0.685. The van der Waals surface area contributed by atoms with E-state index in [4.69, 9.17) is 0 Å². The maximum absolute atomic E-state index is 11.9. The summed E-state index contributed by atoms with van der Waals surface area (Å²) < 4.78 is 26.5. The lowest BCUT2D eigenvalue weighted by atomic mass is 10.3. The van der Waals surface area contributed by atoms with Gasteiger partial charge in [0.05, 0.1) is 4.90 Å². The van der Waals surface area contributed by atoms with Gasteiger partial charge in [0.1, 0.15) is 0 Å². The molecule has 0 saturated carbocycles. The van der Waals surface area contributed by atoms with Gasteiger partial charge in [-0.15, -0.1) is 0 Å². The van der Waals surface area contributed by atoms with Gasteiger partial charge in [0.2, 0.25) is 10.0 Å². The molecule has 1 aromatic rings. The van der Waals surface area contributed by atoms with E-state index in [0.717, 1.165) is 37.9 Å². The Morgan fingerprint density at radius 2 is 1.53 bits per heavy atom. The first kappa shape index (κ1) is 16.0. The van der Waals surface area contributed by atoms with Crippen molar-refractivity contribution in [3.63, 3.8) is 0 Å². The molecular weight excluding hydrogens is 260 g/mol. The molecule has 0 aliphatic rings. The third-order valence-corrected chi connectivity index (χ3v) is 4.32. The van der Waals surface area contributed by atoms with Gasteiger partial charge in [0, 0.05) is 18.8 Å². The second-order valence-electron chi connectivity index (χ2n) is 4.56. The van der Waals surface area contributed by atoms with Crippen LogP contribution in [0.4, 0.5) is 5.69 Å². The van der Waals surface area contributed by atoms with Crippen molar-refractivity contribution >= 4 is 15.7 Å². The van der Waals surface area contributed by atoms with E-state index in [9.17, 15) is 8.42 Å². The number of nitrogens with one attached hydrogen (secondary N) is 2. The van der Waals surface area contributed by atoms with E-state index in [1.54, 1.807) is 12.1 Å². The fourth-order valence-electron chi connectivity index (χ4n) is 1.63. The Labute approximate surface area is 116 Å². The molecule has 1 aromatic carbocycles. The summed E-state index contributed by atoms with van der Waals surface area (Å²) in [6.07, 6.45) is 4.08. The van der Waals surface area contributed by atoms with Crippen molar-refractivity contribution in [2.24, 2.45) is 0 Å². The Kier molecular flexibility index (Phi) is 6.87. The molecule has 5 heteroatoms. The standard InChI is InChI=1S/C14H24N2O2S/c1-3-5-11-15-13-7-9-14(10-8-13)19(17,18)16-12-6-4-2/h7-10,15-16H,3-6,11-12H2,1-2H3. The van der Waals surface area contributed by atoms with Crippen LogP contribution in [0, 0.1) is 0 Å². The SMILES string of the molecule is CCCCNc1ccc(S(=O)(=O)NCCCC)cc1. The first-order valence-electron chi connectivity index (χ1n) is 6.93. The van der Waals surface area contributed by atoms with Gasteiger partial charge in [-0.25, -0.2) is 13.1 Å². The maximum atomic E-state index is 11.9. The van der Waals surface area contributed by atoms with Gasteiger partial charge in [0.15, 0.2) is 0 Å². The largest absolute Gasteiger partial charge is 0.385 e. The Hall–Kier alpha value is -1.07. The molecule has 0 unspecified atom stereocenters. The van der Waals surface area contributed by atoms with Crippen molar-refractivity contribution in [3.8, 4) is 0 Å². The number of hydrogen-bond donors (Lipinski definition) is 2. The van der Waals surface area contributed by atoms with Crippen LogP contribution in [0.5, 0.6) is 0 Å².